The number of amides is 2. The van der Waals surface area contributed by atoms with Gasteiger partial charge in [0.2, 0.25) is 5.88 Å². The SMILES string of the molecule is COc1ccc(NC(=O)Nc2ccc(Oc3ccc(-n4cnc(C)c4C)nn3)cc2)cc1OC. The Hall–Kier alpha value is -4.60. The lowest BCUT2D eigenvalue weighted by molar-refractivity contribution is 0.262. The number of hydrogen-bond donors (Lipinski definition) is 2. The number of nitrogens with zero attached hydrogens (tertiary/aromatic N) is 4. The van der Waals surface area contributed by atoms with Crippen molar-refractivity contribution < 1.29 is 19.0 Å². The quantitative estimate of drug-likeness (QED) is 0.410. The highest BCUT2D eigenvalue weighted by atomic mass is 16.5. The first kappa shape index (κ1) is 22.6. The maximum absolute atomic E-state index is 12.3. The van der Waals surface area contributed by atoms with Crippen LogP contribution in [-0.2, 0) is 0 Å². The molecule has 0 aliphatic rings. The van der Waals surface area contributed by atoms with Gasteiger partial charge in [-0.2, -0.15) is 0 Å². The highest BCUT2D eigenvalue weighted by Crippen LogP contribution is 2.30. The first-order valence-electron chi connectivity index (χ1n) is 10.4. The van der Waals surface area contributed by atoms with Crippen molar-refractivity contribution in [3.05, 3.63) is 72.3 Å². The van der Waals surface area contributed by atoms with Gasteiger partial charge in [-0.1, -0.05) is 0 Å². The number of hydrogen-bond acceptors (Lipinski definition) is 7. The van der Waals surface area contributed by atoms with E-state index in [0.717, 1.165) is 11.4 Å². The van der Waals surface area contributed by atoms with Crippen LogP contribution in [0, 0.1) is 13.8 Å². The number of carbonyl (C=O) groups is 1. The molecule has 0 atom stereocenters. The van der Waals surface area contributed by atoms with E-state index in [1.165, 1.54) is 7.11 Å². The first-order valence-corrected chi connectivity index (χ1v) is 10.4. The highest BCUT2D eigenvalue weighted by molar-refractivity contribution is 5.99. The van der Waals surface area contributed by atoms with E-state index < -0.39 is 6.03 Å². The number of anilines is 2. The molecule has 4 rings (SSSR count). The summed E-state index contributed by atoms with van der Waals surface area (Å²) in [5.41, 5.74) is 3.10. The molecule has 0 saturated heterocycles. The van der Waals surface area contributed by atoms with Crippen LogP contribution in [0.15, 0.2) is 60.9 Å². The number of nitrogens with one attached hydrogen (secondary N) is 2. The second kappa shape index (κ2) is 9.90. The lowest BCUT2D eigenvalue weighted by Crippen LogP contribution is -2.19. The number of ether oxygens (including phenoxy) is 3. The van der Waals surface area contributed by atoms with Crippen molar-refractivity contribution in [3.8, 4) is 28.9 Å². The van der Waals surface area contributed by atoms with E-state index >= 15 is 0 Å². The molecular weight excluding hydrogens is 436 g/mol. The summed E-state index contributed by atoms with van der Waals surface area (Å²) in [6.07, 6.45) is 1.71. The van der Waals surface area contributed by atoms with Gasteiger partial charge in [-0.15, -0.1) is 10.2 Å². The standard InChI is InChI=1S/C24H24N6O4/c1-15-16(2)30(14-25-15)22-11-12-23(29-28-22)34-19-8-5-17(6-9-19)26-24(31)27-18-7-10-20(32-3)21(13-18)33-4/h5-14H,1-4H3,(H2,26,27,31). The topological polar surface area (TPSA) is 112 Å². The van der Waals surface area contributed by atoms with E-state index in [2.05, 4.69) is 25.8 Å². The Labute approximate surface area is 196 Å². The molecule has 2 aromatic heterocycles. The van der Waals surface area contributed by atoms with Gasteiger partial charge >= 0.3 is 6.03 Å². The molecule has 10 heteroatoms. The maximum Gasteiger partial charge on any atom is 0.323 e. The predicted molar refractivity (Wildman–Crippen MR) is 127 cm³/mol. The summed E-state index contributed by atoms with van der Waals surface area (Å²) in [5.74, 6) is 2.67. The monoisotopic (exact) mass is 460 g/mol. The maximum atomic E-state index is 12.3. The first-order chi connectivity index (χ1) is 16.5. The number of carbonyl (C=O) groups excluding carboxylic acids is 1. The second-order valence-corrected chi connectivity index (χ2v) is 7.29. The third-order valence-corrected chi connectivity index (χ3v) is 5.10. The van der Waals surface area contributed by atoms with E-state index in [1.807, 2.05) is 24.5 Å². The van der Waals surface area contributed by atoms with Gasteiger partial charge in [0.1, 0.15) is 12.1 Å². The lowest BCUT2D eigenvalue weighted by atomic mass is 10.2. The van der Waals surface area contributed by atoms with Crippen molar-refractivity contribution in [2.75, 3.05) is 24.9 Å². The van der Waals surface area contributed by atoms with Gasteiger partial charge < -0.3 is 24.8 Å². The normalized spacial score (nSPS) is 10.5. The fourth-order valence-corrected chi connectivity index (χ4v) is 3.16. The number of aromatic nitrogens is 4. The summed E-state index contributed by atoms with van der Waals surface area (Å²) in [6, 6.07) is 15.2. The van der Waals surface area contributed by atoms with Crippen LogP contribution in [0.2, 0.25) is 0 Å². The number of imidazole rings is 1. The smallest absolute Gasteiger partial charge is 0.323 e. The zero-order valence-electron chi connectivity index (χ0n) is 19.2. The predicted octanol–water partition coefficient (Wildman–Crippen LogP) is 4.73. The molecule has 0 saturated carbocycles. The van der Waals surface area contributed by atoms with Crippen LogP contribution in [0.4, 0.5) is 16.2 Å². The van der Waals surface area contributed by atoms with Crippen molar-refractivity contribution in [1.82, 2.24) is 19.7 Å². The molecule has 0 fully saturated rings. The molecule has 2 heterocycles. The van der Waals surface area contributed by atoms with Gasteiger partial charge in [-0.3, -0.25) is 4.57 Å². The summed E-state index contributed by atoms with van der Waals surface area (Å²) in [7, 11) is 3.09. The van der Waals surface area contributed by atoms with Crippen LogP contribution in [-0.4, -0.2) is 40.0 Å². The van der Waals surface area contributed by atoms with Gasteiger partial charge in [0, 0.05) is 29.2 Å². The van der Waals surface area contributed by atoms with Gasteiger partial charge in [0.25, 0.3) is 0 Å². The Bertz CT molecular complexity index is 1290. The Morgan fingerprint density at radius 3 is 2.18 bits per heavy atom. The largest absolute Gasteiger partial charge is 0.493 e. The van der Waals surface area contributed by atoms with Crippen LogP contribution in [0.3, 0.4) is 0 Å². The zero-order valence-corrected chi connectivity index (χ0v) is 19.2. The van der Waals surface area contributed by atoms with Crippen molar-refractivity contribution >= 4 is 17.4 Å². The zero-order chi connectivity index (χ0) is 24.1. The molecular formula is C24H24N6O4. The Morgan fingerprint density at radius 1 is 0.853 bits per heavy atom. The van der Waals surface area contributed by atoms with Gasteiger partial charge in [-0.05, 0) is 56.3 Å². The Balaban J connectivity index is 1.35. The van der Waals surface area contributed by atoms with E-state index in [1.54, 1.807) is 62.0 Å². The average Bonchev–Trinajstić information content (AvgIpc) is 3.18. The fourth-order valence-electron chi connectivity index (χ4n) is 3.16. The minimum Gasteiger partial charge on any atom is -0.493 e. The number of methoxy groups -OCH3 is 2. The van der Waals surface area contributed by atoms with Crippen LogP contribution in [0.1, 0.15) is 11.4 Å². The van der Waals surface area contributed by atoms with E-state index in [4.69, 9.17) is 14.2 Å². The van der Waals surface area contributed by atoms with Crippen LogP contribution in [0.25, 0.3) is 5.82 Å². The molecule has 2 aromatic carbocycles. The van der Waals surface area contributed by atoms with Crippen molar-refractivity contribution in [3.63, 3.8) is 0 Å². The summed E-state index contributed by atoms with van der Waals surface area (Å²) < 4.78 is 18.1. The molecule has 174 valence electrons. The average molecular weight is 460 g/mol. The number of urea groups is 1. The van der Waals surface area contributed by atoms with E-state index in [-0.39, 0.29) is 0 Å². The second-order valence-electron chi connectivity index (χ2n) is 7.29. The number of rotatable bonds is 7. The number of benzene rings is 2. The van der Waals surface area contributed by atoms with Crippen LogP contribution in [0.5, 0.6) is 23.1 Å². The van der Waals surface area contributed by atoms with Gasteiger partial charge in [-0.25, -0.2) is 9.78 Å². The summed E-state index contributed by atoms with van der Waals surface area (Å²) in [5, 5.41) is 13.8. The molecule has 0 aliphatic heterocycles. The molecule has 0 bridgehead atoms. The molecule has 2 N–H and O–H groups in total. The van der Waals surface area contributed by atoms with Gasteiger partial charge in [0.05, 0.1) is 19.9 Å². The summed E-state index contributed by atoms with van der Waals surface area (Å²) in [6.45, 7) is 3.91. The Kier molecular flexibility index (Phi) is 6.58. The molecule has 34 heavy (non-hydrogen) atoms. The highest BCUT2D eigenvalue weighted by Gasteiger charge is 2.09. The summed E-state index contributed by atoms with van der Waals surface area (Å²) in [4.78, 5) is 16.6. The van der Waals surface area contributed by atoms with Gasteiger partial charge in [0.15, 0.2) is 17.3 Å². The minimum atomic E-state index is -0.396. The molecule has 4 aromatic rings. The molecule has 0 aliphatic carbocycles. The van der Waals surface area contributed by atoms with E-state index in [9.17, 15) is 4.79 Å². The molecule has 2 amide bonds. The number of aryl methyl sites for hydroxylation is 1. The third kappa shape index (κ3) is 5.07. The van der Waals surface area contributed by atoms with Crippen molar-refractivity contribution in [1.29, 1.82) is 0 Å². The lowest BCUT2D eigenvalue weighted by Gasteiger charge is -2.11. The molecule has 0 radical (unpaired) electrons. The third-order valence-electron chi connectivity index (χ3n) is 5.10. The molecule has 10 nitrogen and oxygen atoms in total. The minimum absolute atomic E-state index is 0.352. The molecule has 0 spiro atoms. The van der Waals surface area contributed by atoms with Crippen molar-refractivity contribution in [2.45, 2.75) is 13.8 Å². The summed E-state index contributed by atoms with van der Waals surface area (Å²) >= 11 is 0. The Morgan fingerprint density at radius 2 is 1.56 bits per heavy atom. The van der Waals surface area contributed by atoms with E-state index in [0.29, 0.717) is 40.3 Å². The van der Waals surface area contributed by atoms with Crippen LogP contribution < -0.4 is 24.8 Å². The fraction of sp³-hybridized carbons (Fsp3) is 0.167. The van der Waals surface area contributed by atoms with Crippen LogP contribution >= 0.6 is 0 Å². The van der Waals surface area contributed by atoms with Crippen molar-refractivity contribution in [2.24, 2.45) is 0 Å². The molecule has 0 unspecified atom stereocenters.